The zero-order valence-electron chi connectivity index (χ0n) is 17.1. The summed E-state index contributed by atoms with van der Waals surface area (Å²) in [6, 6.07) is 15.9. The first-order valence-electron chi connectivity index (χ1n) is 10.2. The molecule has 2 aromatic carbocycles. The van der Waals surface area contributed by atoms with Crippen molar-refractivity contribution in [2.24, 2.45) is 0 Å². The van der Waals surface area contributed by atoms with Crippen molar-refractivity contribution < 1.29 is 4.79 Å². The van der Waals surface area contributed by atoms with Crippen LogP contribution in [0, 0.1) is 13.8 Å². The monoisotopic (exact) mass is 389 g/mol. The molecule has 0 atom stereocenters. The molecule has 0 saturated heterocycles. The highest BCUT2D eigenvalue weighted by Gasteiger charge is 2.25. The first-order chi connectivity index (χ1) is 14.1. The highest BCUT2D eigenvalue weighted by Crippen LogP contribution is 2.23. The summed E-state index contributed by atoms with van der Waals surface area (Å²) >= 11 is 0. The molecule has 1 N–H and O–H groups in total. The molecule has 150 valence electrons. The summed E-state index contributed by atoms with van der Waals surface area (Å²) in [5, 5.41) is 11.8. The number of carbonyl (C=O) groups excluding carboxylic acids is 1. The SMILES string of the molecule is Cc1cccc(CN(C(=O)Nc2cccc(C)c2)c2nnc3n2CCCCC3)c1. The first-order valence-corrected chi connectivity index (χ1v) is 10.2. The van der Waals surface area contributed by atoms with E-state index < -0.39 is 0 Å². The van der Waals surface area contributed by atoms with Crippen LogP contribution in [0.1, 0.15) is 41.8 Å². The molecule has 2 heterocycles. The number of benzene rings is 2. The van der Waals surface area contributed by atoms with E-state index in [0.29, 0.717) is 12.5 Å². The van der Waals surface area contributed by atoms with E-state index in [1.165, 1.54) is 12.0 Å². The van der Waals surface area contributed by atoms with Crippen LogP contribution >= 0.6 is 0 Å². The Morgan fingerprint density at radius 1 is 1.03 bits per heavy atom. The number of rotatable bonds is 4. The molecular weight excluding hydrogens is 362 g/mol. The van der Waals surface area contributed by atoms with Gasteiger partial charge in [-0.25, -0.2) is 4.79 Å². The highest BCUT2D eigenvalue weighted by molar-refractivity contribution is 6.00. The summed E-state index contributed by atoms with van der Waals surface area (Å²) < 4.78 is 2.11. The van der Waals surface area contributed by atoms with Gasteiger partial charge in [0.2, 0.25) is 5.95 Å². The van der Waals surface area contributed by atoms with Crippen LogP contribution in [0.2, 0.25) is 0 Å². The molecule has 0 fully saturated rings. The maximum Gasteiger partial charge on any atom is 0.329 e. The van der Waals surface area contributed by atoms with Gasteiger partial charge in [0.15, 0.2) is 0 Å². The third-order valence-corrected chi connectivity index (χ3v) is 5.27. The predicted octanol–water partition coefficient (Wildman–Crippen LogP) is 4.86. The molecule has 1 aliphatic rings. The second-order valence-corrected chi connectivity index (χ2v) is 7.75. The molecule has 3 aromatic rings. The van der Waals surface area contributed by atoms with Crippen LogP contribution < -0.4 is 10.2 Å². The molecule has 4 rings (SSSR count). The first kappa shape index (κ1) is 19.2. The number of nitrogens with one attached hydrogen (secondary N) is 1. The number of fused-ring (bicyclic) bond motifs is 1. The zero-order valence-corrected chi connectivity index (χ0v) is 17.1. The van der Waals surface area contributed by atoms with Crippen molar-refractivity contribution in [3.05, 3.63) is 71.0 Å². The lowest BCUT2D eigenvalue weighted by Gasteiger charge is -2.23. The van der Waals surface area contributed by atoms with Crippen LogP contribution in [0.4, 0.5) is 16.4 Å². The summed E-state index contributed by atoms with van der Waals surface area (Å²) in [6.45, 7) is 5.36. The molecule has 2 amide bonds. The van der Waals surface area contributed by atoms with Crippen molar-refractivity contribution >= 4 is 17.7 Å². The fourth-order valence-corrected chi connectivity index (χ4v) is 3.81. The minimum atomic E-state index is -0.198. The number of urea groups is 1. The van der Waals surface area contributed by atoms with Gasteiger partial charge in [0.25, 0.3) is 0 Å². The number of anilines is 2. The van der Waals surface area contributed by atoms with Crippen LogP contribution in [0.15, 0.2) is 48.5 Å². The Morgan fingerprint density at radius 2 is 1.83 bits per heavy atom. The van der Waals surface area contributed by atoms with Crippen molar-refractivity contribution in [1.29, 1.82) is 0 Å². The van der Waals surface area contributed by atoms with E-state index in [-0.39, 0.29) is 6.03 Å². The topological polar surface area (TPSA) is 63.1 Å². The lowest BCUT2D eigenvalue weighted by atomic mass is 10.1. The Labute approximate surface area is 171 Å². The number of aryl methyl sites for hydroxylation is 3. The van der Waals surface area contributed by atoms with Gasteiger partial charge in [0, 0.05) is 18.7 Å². The normalized spacial score (nSPS) is 13.4. The molecule has 0 spiro atoms. The quantitative estimate of drug-likeness (QED) is 0.693. The fourth-order valence-electron chi connectivity index (χ4n) is 3.81. The second-order valence-electron chi connectivity index (χ2n) is 7.75. The number of hydrogen-bond acceptors (Lipinski definition) is 3. The van der Waals surface area contributed by atoms with Crippen molar-refractivity contribution in [1.82, 2.24) is 14.8 Å². The Balaban J connectivity index is 1.67. The van der Waals surface area contributed by atoms with E-state index >= 15 is 0 Å². The van der Waals surface area contributed by atoms with Gasteiger partial charge in [-0.1, -0.05) is 48.4 Å². The smallest absolute Gasteiger partial charge is 0.307 e. The van der Waals surface area contributed by atoms with Crippen LogP contribution in [-0.2, 0) is 19.5 Å². The molecule has 0 unspecified atom stereocenters. The minimum Gasteiger partial charge on any atom is -0.307 e. The average molecular weight is 390 g/mol. The Morgan fingerprint density at radius 3 is 2.62 bits per heavy atom. The molecule has 1 aliphatic heterocycles. The lowest BCUT2D eigenvalue weighted by Crippen LogP contribution is -2.36. The zero-order chi connectivity index (χ0) is 20.2. The predicted molar refractivity (Wildman–Crippen MR) is 115 cm³/mol. The van der Waals surface area contributed by atoms with Gasteiger partial charge in [-0.2, -0.15) is 0 Å². The van der Waals surface area contributed by atoms with E-state index in [2.05, 4.69) is 39.1 Å². The second kappa shape index (κ2) is 8.47. The van der Waals surface area contributed by atoms with Gasteiger partial charge in [-0.3, -0.25) is 9.47 Å². The van der Waals surface area contributed by atoms with Gasteiger partial charge >= 0.3 is 6.03 Å². The standard InChI is InChI=1S/C23H27N5O/c1-17-8-6-10-19(14-17)16-28(23(29)24-20-11-7-9-18(2)15-20)22-26-25-21-12-4-3-5-13-27(21)22/h6-11,14-15H,3-5,12-13,16H2,1-2H3,(H,24,29). The molecule has 6 heteroatoms. The number of hydrogen-bond donors (Lipinski definition) is 1. The summed E-state index contributed by atoms with van der Waals surface area (Å²) in [5.41, 5.74) is 4.11. The van der Waals surface area contributed by atoms with Crippen LogP contribution in [0.3, 0.4) is 0 Å². The van der Waals surface area contributed by atoms with Crippen molar-refractivity contribution in [3.8, 4) is 0 Å². The van der Waals surface area contributed by atoms with Crippen LogP contribution in [0.25, 0.3) is 0 Å². The summed E-state index contributed by atoms with van der Waals surface area (Å²) in [6.07, 6.45) is 4.28. The molecule has 0 aliphatic carbocycles. The molecular formula is C23H27N5O. The van der Waals surface area contributed by atoms with E-state index in [1.54, 1.807) is 4.90 Å². The van der Waals surface area contributed by atoms with Gasteiger partial charge in [0.05, 0.1) is 6.54 Å². The largest absolute Gasteiger partial charge is 0.329 e. The van der Waals surface area contributed by atoms with Crippen LogP contribution in [0.5, 0.6) is 0 Å². The van der Waals surface area contributed by atoms with Crippen LogP contribution in [-0.4, -0.2) is 20.8 Å². The molecule has 0 saturated carbocycles. The summed E-state index contributed by atoms with van der Waals surface area (Å²) in [7, 11) is 0. The molecule has 29 heavy (non-hydrogen) atoms. The maximum absolute atomic E-state index is 13.3. The Bertz CT molecular complexity index is 1010. The number of carbonyl (C=O) groups is 1. The number of nitrogens with zero attached hydrogens (tertiary/aromatic N) is 4. The van der Waals surface area contributed by atoms with Crippen molar-refractivity contribution in [3.63, 3.8) is 0 Å². The van der Waals surface area contributed by atoms with E-state index in [4.69, 9.17) is 0 Å². The van der Waals surface area contributed by atoms with Crippen molar-refractivity contribution in [2.45, 2.75) is 52.6 Å². The van der Waals surface area contributed by atoms with E-state index in [9.17, 15) is 4.79 Å². The van der Waals surface area contributed by atoms with E-state index in [0.717, 1.165) is 48.4 Å². The molecule has 0 radical (unpaired) electrons. The molecule has 1 aromatic heterocycles. The molecule has 0 bridgehead atoms. The average Bonchev–Trinajstić information content (AvgIpc) is 2.93. The summed E-state index contributed by atoms with van der Waals surface area (Å²) in [4.78, 5) is 15.0. The lowest BCUT2D eigenvalue weighted by molar-refractivity contribution is 0.256. The fraction of sp³-hybridized carbons (Fsp3) is 0.348. The summed E-state index contributed by atoms with van der Waals surface area (Å²) in [5.74, 6) is 1.59. The third-order valence-electron chi connectivity index (χ3n) is 5.27. The van der Waals surface area contributed by atoms with Gasteiger partial charge in [-0.05, 0) is 49.9 Å². The minimum absolute atomic E-state index is 0.198. The van der Waals surface area contributed by atoms with Gasteiger partial charge in [-0.15, -0.1) is 10.2 Å². The number of aromatic nitrogens is 3. The van der Waals surface area contributed by atoms with E-state index in [1.807, 2.05) is 43.3 Å². The maximum atomic E-state index is 13.3. The number of amides is 2. The Kier molecular flexibility index (Phi) is 5.60. The highest BCUT2D eigenvalue weighted by atomic mass is 16.2. The Hall–Kier alpha value is -3.15. The van der Waals surface area contributed by atoms with Gasteiger partial charge in [0.1, 0.15) is 5.82 Å². The molecule has 6 nitrogen and oxygen atoms in total. The van der Waals surface area contributed by atoms with Gasteiger partial charge < -0.3 is 5.32 Å². The van der Waals surface area contributed by atoms with Crippen molar-refractivity contribution in [2.75, 3.05) is 10.2 Å². The third kappa shape index (κ3) is 4.47.